The number of nitrogens with one attached hydrogen (secondary N) is 2. The Bertz CT molecular complexity index is 521. The van der Waals surface area contributed by atoms with E-state index in [2.05, 4.69) is 15.3 Å². The van der Waals surface area contributed by atoms with Gasteiger partial charge in [-0.1, -0.05) is 13.8 Å². The maximum Gasteiger partial charge on any atom is 0.277 e. The van der Waals surface area contributed by atoms with E-state index in [1.165, 1.54) is 0 Å². The van der Waals surface area contributed by atoms with Crippen molar-refractivity contribution in [3.63, 3.8) is 0 Å². The third-order valence-corrected chi connectivity index (χ3v) is 2.81. The number of nitrogen functional groups attached to an aromatic ring is 1. The van der Waals surface area contributed by atoms with Crippen LogP contribution in [-0.2, 0) is 4.79 Å². The van der Waals surface area contributed by atoms with Crippen LogP contribution in [0.25, 0.3) is 0 Å². The van der Waals surface area contributed by atoms with Gasteiger partial charge in [0.25, 0.3) is 5.56 Å². The Hall–Kier alpha value is -2.05. The van der Waals surface area contributed by atoms with Gasteiger partial charge >= 0.3 is 0 Å². The van der Waals surface area contributed by atoms with Gasteiger partial charge in [-0.3, -0.25) is 19.9 Å². The van der Waals surface area contributed by atoms with Crippen LogP contribution in [0.2, 0.25) is 0 Å². The third-order valence-electron chi connectivity index (χ3n) is 2.81. The normalized spacial score (nSPS) is 10.9. The number of nitrogens with zero attached hydrogens (tertiary/aromatic N) is 2. The van der Waals surface area contributed by atoms with E-state index >= 15 is 0 Å². The van der Waals surface area contributed by atoms with Crippen molar-refractivity contribution in [2.24, 2.45) is 5.92 Å². The summed E-state index contributed by atoms with van der Waals surface area (Å²) in [4.78, 5) is 31.8. The van der Waals surface area contributed by atoms with Crippen molar-refractivity contribution >= 4 is 23.4 Å². The average Bonchev–Trinajstić information content (AvgIpc) is 2.32. The van der Waals surface area contributed by atoms with Crippen molar-refractivity contribution in [1.29, 1.82) is 0 Å². The van der Waals surface area contributed by atoms with E-state index in [-0.39, 0.29) is 29.5 Å². The molecule has 4 N–H and O–H groups in total. The second-order valence-electron chi connectivity index (χ2n) is 5.00. The summed E-state index contributed by atoms with van der Waals surface area (Å²) >= 11 is 0. The molecule has 0 aliphatic rings. The lowest BCUT2D eigenvalue weighted by Gasteiger charge is -2.24. The fourth-order valence-corrected chi connectivity index (χ4v) is 1.30. The fourth-order valence-electron chi connectivity index (χ4n) is 1.30. The Morgan fingerprint density at radius 1 is 1.37 bits per heavy atom. The Morgan fingerprint density at radius 3 is 2.42 bits per heavy atom. The summed E-state index contributed by atoms with van der Waals surface area (Å²) in [5.41, 5.74) is 5.30. The Morgan fingerprint density at radius 2 is 1.95 bits per heavy atom. The molecule has 1 heterocycles. The van der Waals surface area contributed by atoms with E-state index in [0.717, 1.165) is 0 Å². The van der Waals surface area contributed by atoms with E-state index in [4.69, 9.17) is 5.73 Å². The standard InChI is InChI=1S/C12H21N5O2/c1-6(2)10(18)15-12-14-9(17(5)7(3)4)8(13)11(19)16-12/h6-7H,13H2,1-5H3,(H2,14,15,16,18,19). The van der Waals surface area contributed by atoms with Crippen LogP contribution in [0.15, 0.2) is 4.79 Å². The van der Waals surface area contributed by atoms with Gasteiger partial charge in [-0.15, -0.1) is 0 Å². The predicted octanol–water partition coefficient (Wildman–Crippen LogP) is 0.791. The zero-order valence-corrected chi connectivity index (χ0v) is 11.9. The van der Waals surface area contributed by atoms with Crippen molar-refractivity contribution in [2.75, 3.05) is 23.0 Å². The molecular formula is C12H21N5O2. The van der Waals surface area contributed by atoms with E-state index in [0.29, 0.717) is 5.82 Å². The van der Waals surface area contributed by atoms with Crippen LogP contribution in [0, 0.1) is 5.92 Å². The Labute approximate surface area is 112 Å². The molecular weight excluding hydrogens is 246 g/mol. The monoisotopic (exact) mass is 267 g/mol. The summed E-state index contributed by atoms with van der Waals surface area (Å²) in [5, 5.41) is 2.56. The molecule has 19 heavy (non-hydrogen) atoms. The van der Waals surface area contributed by atoms with Crippen LogP contribution in [0.3, 0.4) is 0 Å². The van der Waals surface area contributed by atoms with Crippen molar-refractivity contribution in [3.8, 4) is 0 Å². The highest BCUT2D eigenvalue weighted by Gasteiger charge is 2.16. The molecule has 0 fully saturated rings. The van der Waals surface area contributed by atoms with Crippen LogP contribution in [-0.4, -0.2) is 29.0 Å². The fraction of sp³-hybridized carbons (Fsp3) is 0.583. The smallest absolute Gasteiger partial charge is 0.277 e. The highest BCUT2D eigenvalue weighted by atomic mass is 16.2. The Balaban J connectivity index is 3.17. The Kier molecular flexibility index (Phi) is 4.52. The summed E-state index contributed by atoms with van der Waals surface area (Å²) in [7, 11) is 1.79. The molecule has 0 aliphatic heterocycles. The molecule has 1 rings (SSSR count). The summed E-state index contributed by atoms with van der Waals surface area (Å²) in [5.74, 6) is 0.0541. The first-order chi connectivity index (χ1) is 8.73. The molecule has 0 spiro atoms. The van der Waals surface area contributed by atoms with Crippen LogP contribution in [0.1, 0.15) is 27.7 Å². The molecule has 1 amide bonds. The highest BCUT2D eigenvalue weighted by Crippen LogP contribution is 2.18. The number of hydrogen-bond acceptors (Lipinski definition) is 5. The van der Waals surface area contributed by atoms with Crippen LogP contribution in [0.4, 0.5) is 17.5 Å². The predicted molar refractivity (Wildman–Crippen MR) is 76.3 cm³/mol. The van der Waals surface area contributed by atoms with Gasteiger partial charge in [0.15, 0.2) is 5.82 Å². The largest absolute Gasteiger partial charge is 0.391 e. The second-order valence-corrected chi connectivity index (χ2v) is 5.00. The lowest BCUT2D eigenvalue weighted by Crippen LogP contribution is -2.31. The zero-order chi connectivity index (χ0) is 14.7. The highest BCUT2D eigenvalue weighted by molar-refractivity contribution is 5.90. The minimum Gasteiger partial charge on any atom is -0.391 e. The molecule has 0 aliphatic carbocycles. The summed E-state index contributed by atoms with van der Waals surface area (Å²) in [6.45, 7) is 7.42. The molecule has 106 valence electrons. The molecule has 0 unspecified atom stereocenters. The number of amides is 1. The van der Waals surface area contributed by atoms with E-state index in [1.807, 2.05) is 13.8 Å². The molecule has 0 bridgehead atoms. The molecule has 7 heteroatoms. The van der Waals surface area contributed by atoms with Gasteiger partial charge in [0.05, 0.1) is 0 Å². The van der Waals surface area contributed by atoms with E-state index in [9.17, 15) is 9.59 Å². The van der Waals surface area contributed by atoms with Gasteiger partial charge in [-0.2, -0.15) is 4.98 Å². The second kappa shape index (κ2) is 5.73. The lowest BCUT2D eigenvalue weighted by atomic mass is 10.2. The third kappa shape index (κ3) is 3.46. The van der Waals surface area contributed by atoms with E-state index in [1.54, 1.807) is 25.8 Å². The summed E-state index contributed by atoms with van der Waals surface area (Å²) in [6.07, 6.45) is 0. The molecule has 0 saturated carbocycles. The van der Waals surface area contributed by atoms with Crippen LogP contribution >= 0.6 is 0 Å². The maximum atomic E-state index is 11.7. The summed E-state index contributed by atoms with van der Waals surface area (Å²) < 4.78 is 0. The molecule has 0 radical (unpaired) electrons. The first-order valence-corrected chi connectivity index (χ1v) is 6.17. The first-order valence-electron chi connectivity index (χ1n) is 6.17. The molecule has 1 aromatic heterocycles. The molecule has 0 aromatic carbocycles. The number of anilines is 3. The number of nitrogens with two attached hydrogens (primary N) is 1. The van der Waals surface area contributed by atoms with Crippen LogP contribution in [0.5, 0.6) is 0 Å². The average molecular weight is 267 g/mol. The van der Waals surface area contributed by atoms with E-state index < -0.39 is 5.56 Å². The van der Waals surface area contributed by atoms with Crippen molar-refractivity contribution < 1.29 is 4.79 Å². The number of aromatic nitrogens is 2. The van der Waals surface area contributed by atoms with Gasteiger partial charge in [0.1, 0.15) is 5.69 Å². The minimum absolute atomic E-state index is 0.0405. The number of aromatic amines is 1. The quantitative estimate of drug-likeness (QED) is 0.748. The van der Waals surface area contributed by atoms with Gasteiger partial charge < -0.3 is 10.6 Å². The van der Waals surface area contributed by atoms with Crippen molar-refractivity contribution in [1.82, 2.24) is 9.97 Å². The van der Waals surface area contributed by atoms with Gasteiger partial charge in [-0.25, -0.2) is 0 Å². The van der Waals surface area contributed by atoms with Gasteiger partial charge in [0.2, 0.25) is 11.9 Å². The molecule has 7 nitrogen and oxygen atoms in total. The number of hydrogen-bond donors (Lipinski definition) is 3. The number of rotatable bonds is 4. The van der Waals surface area contributed by atoms with Crippen LogP contribution < -0.4 is 21.5 Å². The SMILES string of the molecule is CC(C)C(=O)Nc1nc(N(C)C(C)C)c(N)c(=O)[nH]1. The molecule has 0 saturated heterocycles. The molecule has 1 aromatic rings. The zero-order valence-electron chi connectivity index (χ0n) is 11.9. The number of H-pyrrole nitrogens is 1. The summed E-state index contributed by atoms with van der Waals surface area (Å²) in [6, 6.07) is 0.130. The van der Waals surface area contributed by atoms with Gasteiger partial charge in [-0.05, 0) is 13.8 Å². The van der Waals surface area contributed by atoms with Crippen molar-refractivity contribution in [2.45, 2.75) is 33.7 Å². The first kappa shape index (κ1) is 15.0. The topological polar surface area (TPSA) is 104 Å². The lowest BCUT2D eigenvalue weighted by molar-refractivity contribution is -0.118. The number of carbonyl (C=O) groups excluding carboxylic acids is 1. The number of carbonyl (C=O) groups is 1. The van der Waals surface area contributed by atoms with Gasteiger partial charge in [0, 0.05) is 19.0 Å². The maximum absolute atomic E-state index is 11.7. The van der Waals surface area contributed by atoms with Crippen molar-refractivity contribution in [3.05, 3.63) is 10.4 Å². The minimum atomic E-state index is -0.462. The molecule has 0 atom stereocenters.